The zero-order chi connectivity index (χ0) is 18.4. The molecule has 0 saturated carbocycles. The van der Waals surface area contributed by atoms with Gasteiger partial charge in [0.15, 0.2) is 0 Å². The molecule has 7 heteroatoms. The van der Waals surface area contributed by atoms with Crippen LogP contribution in [0.3, 0.4) is 0 Å². The van der Waals surface area contributed by atoms with E-state index in [1.807, 2.05) is 26.0 Å². The standard InChI is InChI=1S/C18H25ClN2O4/c1-12(2)16(18(23)20-24)11-17(22)21-9-7-15(8-10-21)25-14-5-3-13(19)4-6-14/h3-6,12,15-16,24H,7-11H2,1-2H3,(H,20,23). The highest BCUT2D eigenvalue weighted by molar-refractivity contribution is 6.30. The summed E-state index contributed by atoms with van der Waals surface area (Å²) < 4.78 is 5.92. The lowest BCUT2D eigenvalue weighted by Gasteiger charge is -2.33. The Bertz CT molecular complexity index is 583. The van der Waals surface area contributed by atoms with Gasteiger partial charge in [-0.1, -0.05) is 25.4 Å². The number of hydrogen-bond donors (Lipinski definition) is 2. The predicted molar refractivity (Wildman–Crippen MR) is 94.6 cm³/mol. The smallest absolute Gasteiger partial charge is 0.247 e. The quantitative estimate of drug-likeness (QED) is 0.597. The van der Waals surface area contributed by atoms with Crippen molar-refractivity contribution in [3.05, 3.63) is 29.3 Å². The second-order valence-electron chi connectivity index (χ2n) is 6.68. The molecule has 1 saturated heterocycles. The highest BCUT2D eigenvalue weighted by Crippen LogP contribution is 2.23. The molecule has 2 amide bonds. The average Bonchev–Trinajstić information content (AvgIpc) is 2.61. The fraction of sp³-hybridized carbons (Fsp3) is 0.556. The summed E-state index contributed by atoms with van der Waals surface area (Å²) in [7, 11) is 0. The van der Waals surface area contributed by atoms with Gasteiger partial charge in [-0.05, 0) is 30.2 Å². The van der Waals surface area contributed by atoms with Crippen molar-refractivity contribution >= 4 is 23.4 Å². The predicted octanol–water partition coefficient (Wildman–Crippen LogP) is 2.88. The van der Waals surface area contributed by atoms with Gasteiger partial charge in [0.05, 0.1) is 5.92 Å². The number of nitrogens with one attached hydrogen (secondary N) is 1. The van der Waals surface area contributed by atoms with Crippen LogP contribution in [0.5, 0.6) is 5.75 Å². The first-order chi connectivity index (χ1) is 11.9. The number of ether oxygens (including phenoxy) is 1. The van der Waals surface area contributed by atoms with E-state index in [4.69, 9.17) is 21.5 Å². The zero-order valence-corrected chi connectivity index (χ0v) is 15.3. The minimum absolute atomic E-state index is 0.0260. The van der Waals surface area contributed by atoms with E-state index in [2.05, 4.69) is 0 Å². The van der Waals surface area contributed by atoms with Crippen LogP contribution in [0.4, 0.5) is 0 Å². The molecule has 1 heterocycles. The number of benzene rings is 1. The number of amides is 2. The number of carbonyl (C=O) groups is 2. The molecule has 1 unspecified atom stereocenters. The van der Waals surface area contributed by atoms with E-state index in [0.717, 1.165) is 18.6 Å². The summed E-state index contributed by atoms with van der Waals surface area (Å²) >= 11 is 5.86. The van der Waals surface area contributed by atoms with E-state index in [0.29, 0.717) is 18.1 Å². The van der Waals surface area contributed by atoms with Crippen LogP contribution >= 0.6 is 11.6 Å². The van der Waals surface area contributed by atoms with Gasteiger partial charge in [-0.3, -0.25) is 14.8 Å². The third-order valence-corrected chi connectivity index (χ3v) is 4.81. The molecule has 0 aliphatic carbocycles. The maximum absolute atomic E-state index is 12.4. The third kappa shape index (κ3) is 5.61. The normalized spacial score (nSPS) is 16.6. The van der Waals surface area contributed by atoms with E-state index < -0.39 is 11.8 Å². The van der Waals surface area contributed by atoms with E-state index in [1.54, 1.807) is 22.5 Å². The monoisotopic (exact) mass is 368 g/mol. The Morgan fingerprint density at radius 1 is 1.28 bits per heavy atom. The third-order valence-electron chi connectivity index (χ3n) is 4.56. The van der Waals surface area contributed by atoms with Gasteiger partial charge in [0.25, 0.3) is 0 Å². The second kappa shape index (κ2) is 9.06. The molecular formula is C18H25ClN2O4. The van der Waals surface area contributed by atoms with Gasteiger partial charge in [-0.2, -0.15) is 0 Å². The molecule has 6 nitrogen and oxygen atoms in total. The average molecular weight is 369 g/mol. The number of piperidine rings is 1. The molecule has 1 fully saturated rings. The SMILES string of the molecule is CC(C)C(CC(=O)N1CCC(Oc2ccc(Cl)cc2)CC1)C(=O)NO. The lowest BCUT2D eigenvalue weighted by atomic mass is 9.91. The summed E-state index contributed by atoms with van der Waals surface area (Å²) in [4.78, 5) is 25.9. The van der Waals surface area contributed by atoms with Crippen molar-refractivity contribution in [2.45, 2.75) is 39.2 Å². The van der Waals surface area contributed by atoms with Crippen LogP contribution in [0.1, 0.15) is 33.1 Å². The lowest BCUT2D eigenvalue weighted by Crippen LogP contribution is -2.44. The fourth-order valence-electron chi connectivity index (χ4n) is 2.96. The van der Waals surface area contributed by atoms with E-state index >= 15 is 0 Å². The Kier molecular flexibility index (Phi) is 7.08. The van der Waals surface area contributed by atoms with Gasteiger partial charge in [0.1, 0.15) is 11.9 Å². The molecule has 1 aromatic carbocycles. The Hall–Kier alpha value is -1.79. The van der Waals surface area contributed by atoms with Crippen molar-refractivity contribution in [3.63, 3.8) is 0 Å². The van der Waals surface area contributed by atoms with Gasteiger partial charge in [-0.15, -0.1) is 0 Å². The van der Waals surface area contributed by atoms with Crippen LogP contribution in [-0.2, 0) is 9.59 Å². The van der Waals surface area contributed by atoms with Crippen LogP contribution in [0.2, 0.25) is 5.02 Å². The summed E-state index contributed by atoms with van der Waals surface area (Å²) in [5.74, 6) is -0.354. The number of likely N-dealkylation sites (tertiary alicyclic amines) is 1. The topological polar surface area (TPSA) is 78.9 Å². The fourth-order valence-corrected chi connectivity index (χ4v) is 3.09. The van der Waals surface area contributed by atoms with Crippen LogP contribution in [0.25, 0.3) is 0 Å². The molecule has 2 N–H and O–H groups in total. The summed E-state index contributed by atoms with van der Waals surface area (Å²) in [6.07, 6.45) is 1.65. The first-order valence-electron chi connectivity index (χ1n) is 8.54. The Labute approximate surface area is 153 Å². The molecule has 1 atom stereocenters. The zero-order valence-electron chi connectivity index (χ0n) is 14.6. The van der Waals surface area contributed by atoms with Gasteiger partial charge in [0.2, 0.25) is 11.8 Å². The molecule has 1 aromatic rings. The molecular weight excluding hydrogens is 344 g/mol. The van der Waals surface area contributed by atoms with Gasteiger partial charge < -0.3 is 9.64 Å². The van der Waals surface area contributed by atoms with Crippen LogP contribution in [0, 0.1) is 11.8 Å². The maximum Gasteiger partial charge on any atom is 0.247 e. The van der Waals surface area contributed by atoms with Crippen molar-refractivity contribution in [2.75, 3.05) is 13.1 Å². The van der Waals surface area contributed by atoms with E-state index in [-0.39, 0.29) is 24.3 Å². The van der Waals surface area contributed by atoms with Crippen molar-refractivity contribution in [2.24, 2.45) is 11.8 Å². The van der Waals surface area contributed by atoms with E-state index in [9.17, 15) is 9.59 Å². The minimum atomic E-state index is -0.527. The van der Waals surface area contributed by atoms with Gasteiger partial charge in [0, 0.05) is 37.4 Å². The van der Waals surface area contributed by atoms with Crippen molar-refractivity contribution in [1.29, 1.82) is 0 Å². The Morgan fingerprint density at radius 2 is 1.88 bits per heavy atom. The maximum atomic E-state index is 12.4. The second-order valence-corrected chi connectivity index (χ2v) is 7.12. The summed E-state index contributed by atoms with van der Waals surface area (Å²) in [6.45, 7) is 4.92. The summed E-state index contributed by atoms with van der Waals surface area (Å²) in [6, 6.07) is 7.24. The number of carbonyl (C=O) groups excluding carboxylic acids is 2. The van der Waals surface area contributed by atoms with Crippen LogP contribution in [0.15, 0.2) is 24.3 Å². The molecule has 25 heavy (non-hydrogen) atoms. The first kappa shape index (κ1) is 19.5. The first-order valence-corrected chi connectivity index (χ1v) is 8.92. The molecule has 0 aromatic heterocycles. The van der Waals surface area contributed by atoms with Crippen LogP contribution in [-0.4, -0.2) is 41.1 Å². The molecule has 1 aliphatic heterocycles. The van der Waals surface area contributed by atoms with Crippen molar-refractivity contribution in [3.8, 4) is 5.75 Å². The number of halogens is 1. The largest absolute Gasteiger partial charge is 0.490 e. The highest BCUT2D eigenvalue weighted by atomic mass is 35.5. The Morgan fingerprint density at radius 3 is 2.40 bits per heavy atom. The number of hydroxylamine groups is 1. The summed E-state index contributed by atoms with van der Waals surface area (Å²) in [5.41, 5.74) is 1.65. The molecule has 0 bridgehead atoms. The minimum Gasteiger partial charge on any atom is -0.490 e. The molecule has 1 aliphatic rings. The molecule has 0 radical (unpaired) electrons. The molecule has 0 spiro atoms. The van der Waals surface area contributed by atoms with Crippen LogP contribution < -0.4 is 10.2 Å². The number of hydrogen-bond acceptors (Lipinski definition) is 4. The lowest BCUT2D eigenvalue weighted by molar-refractivity contribution is -0.142. The molecule has 138 valence electrons. The molecule has 2 rings (SSSR count). The van der Waals surface area contributed by atoms with Gasteiger partial charge >= 0.3 is 0 Å². The van der Waals surface area contributed by atoms with Crippen molar-refractivity contribution < 1.29 is 19.5 Å². The number of nitrogens with zero attached hydrogens (tertiary/aromatic N) is 1. The Balaban J connectivity index is 1.83. The van der Waals surface area contributed by atoms with Gasteiger partial charge in [-0.25, -0.2) is 5.48 Å². The van der Waals surface area contributed by atoms with Crippen molar-refractivity contribution in [1.82, 2.24) is 10.4 Å². The number of rotatable bonds is 6. The van der Waals surface area contributed by atoms with E-state index in [1.165, 1.54) is 0 Å². The summed E-state index contributed by atoms with van der Waals surface area (Å²) in [5, 5.41) is 9.49. The highest BCUT2D eigenvalue weighted by Gasteiger charge is 2.29.